The first-order valence-corrected chi connectivity index (χ1v) is 7.75. The molecule has 24 heavy (non-hydrogen) atoms. The summed E-state index contributed by atoms with van der Waals surface area (Å²) in [6.45, 7) is 3.81. The maximum Gasteiger partial charge on any atom is 0.189 e. The van der Waals surface area contributed by atoms with Crippen LogP contribution in [0.15, 0.2) is 59.7 Å². The Morgan fingerprint density at radius 2 is 1.96 bits per heavy atom. The van der Waals surface area contributed by atoms with E-state index in [1.165, 1.54) is 0 Å². The van der Waals surface area contributed by atoms with Crippen LogP contribution in [0.25, 0.3) is 0 Å². The second-order valence-electron chi connectivity index (χ2n) is 5.90. The van der Waals surface area contributed by atoms with Crippen molar-refractivity contribution in [2.45, 2.75) is 25.4 Å². The molecule has 2 atom stereocenters. The van der Waals surface area contributed by atoms with Gasteiger partial charge in [0.2, 0.25) is 0 Å². The Hall–Kier alpha value is -3.13. The number of hydrogen-bond acceptors (Lipinski definition) is 5. The first-order chi connectivity index (χ1) is 11.6. The largest absolute Gasteiger partial charge is 0.396 e. The minimum Gasteiger partial charge on any atom is -0.396 e. The molecule has 0 bridgehead atoms. The molecule has 5 heteroatoms. The van der Waals surface area contributed by atoms with E-state index >= 15 is 0 Å². The number of hydrogen-bond donors (Lipinski definition) is 2. The maximum absolute atomic E-state index is 9.87. The average Bonchev–Trinajstić information content (AvgIpc) is 2.99. The smallest absolute Gasteiger partial charge is 0.189 e. The van der Waals surface area contributed by atoms with Crippen molar-refractivity contribution in [1.82, 2.24) is 4.98 Å². The standard InChI is InChI=1S/C19H19N5/c1-13-9-11-22-18(16(13)21)23-17(15-6-4-3-5-7-15)19(12-20)10-8-14(2)24-19/h3-11,17H,21H2,1-2H3,(H,22,23). The highest BCUT2D eigenvalue weighted by molar-refractivity contribution is 5.96. The molecule has 3 rings (SSSR count). The molecule has 0 saturated carbocycles. The number of nitrogens with zero attached hydrogens (tertiary/aromatic N) is 3. The zero-order chi connectivity index (χ0) is 17.2. The lowest BCUT2D eigenvalue weighted by molar-refractivity contribution is 0.574. The van der Waals surface area contributed by atoms with Gasteiger partial charge in [-0.2, -0.15) is 5.26 Å². The van der Waals surface area contributed by atoms with Crippen LogP contribution >= 0.6 is 0 Å². The van der Waals surface area contributed by atoms with Crippen molar-refractivity contribution in [2.24, 2.45) is 4.99 Å². The summed E-state index contributed by atoms with van der Waals surface area (Å²) in [6.07, 6.45) is 5.40. The number of aromatic nitrogens is 1. The van der Waals surface area contributed by atoms with Crippen LogP contribution in [-0.4, -0.2) is 16.2 Å². The number of aryl methyl sites for hydroxylation is 1. The minimum absolute atomic E-state index is 0.394. The molecule has 3 N–H and O–H groups in total. The SMILES string of the molecule is CC1=NC(C#N)(C(Nc2nccc(C)c2N)c2ccccc2)C=C1. The molecule has 0 fully saturated rings. The molecule has 1 aromatic carbocycles. The number of nitrogen functional groups attached to an aromatic ring is 1. The molecule has 1 aliphatic heterocycles. The third-order valence-corrected chi connectivity index (χ3v) is 4.18. The van der Waals surface area contributed by atoms with E-state index in [-0.39, 0.29) is 0 Å². The zero-order valence-corrected chi connectivity index (χ0v) is 13.7. The third-order valence-electron chi connectivity index (χ3n) is 4.18. The van der Waals surface area contributed by atoms with Crippen LogP contribution in [0.1, 0.15) is 24.1 Å². The van der Waals surface area contributed by atoms with Crippen LogP contribution in [0.5, 0.6) is 0 Å². The fourth-order valence-corrected chi connectivity index (χ4v) is 2.82. The molecule has 0 aliphatic carbocycles. The van der Waals surface area contributed by atoms with E-state index in [0.29, 0.717) is 11.5 Å². The van der Waals surface area contributed by atoms with Gasteiger partial charge in [-0.1, -0.05) is 30.3 Å². The van der Waals surface area contributed by atoms with E-state index in [9.17, 15) is 5.26 Å². The molecule has 5 nitrogen and oxygen atoms in total. The Balaban J connectivity index is 2.09. The molecule has 2 aromatic rings. The van der Waals surface area contributed by atoms with Gasteiger partial charge in [-0.3, -0.25) is 4.99 Å². The van der Waals surface area contributed by atoms with Crippen molar-refractivity contribution < 1.29 is 0 Å². The summed E-state index contributed by atoms with van der Waals surface area (Å²) in [6, 6.07) is 13.6. The number of benzene rings is 1. The van der Waals surface area contributed by atoms with Crippen LogP contribution < -0.4 is 11.1 Å². The fraction of sp³-hybridized carbons (Fsp3) is 0.211. The second-order valence-corrected chi connectivity index (χ2v) is 5.90. The quantitative estimate of drug-likeness (QED) is 0.904. The fourth-order valence-electron chi connectivity index (χ4n) is 2.82. The van der Waals surface area contributed by atoms with E-state index in [1.807, 2.05) is 62.4 Å². The number of anilines is 2. The summed E-state index contributed by atoms with van der Waals surface area (Å²) in [4.78, 5) is 8.92. The van der Waals surface area contributed by atoms with Gasteiger partial charge < -0.3 is 11.1 Å². The molecule has 0 amide bonds. The molecule has 2 unspecified atom stereocenters. The van der Waals surface area contributed by atoms with Gasteiger partial charge in [0.15, 0.2) is 5.54 Å². The Bertz CT molecular complexity index is 848. The first-order valence-electron chi connectivity index (χ1n) is 7.75. The summed E-state index contributed by atoms with van der Waals surface area (Å²) >= 11 is 0. The molecule has 1 aliphatic rings. The van der Waals surface area contributed by atoms with E-state index in [0.717, 1.165) is 16.8 Å². The third kappa shape index (κ3) is 2.74. The van der Waals surface area contributed by atoms with Crippen molar-refractivity contribution in [1.29, 1.82) is 5.26 Å². The normalized spacial score (nSPS) is 20.3. The predicted octanol–water partition coefficient (Wildman–Crippen LogP) is 3.42. The summed E-state index contributed by atoms with van der Waals surface area (Å²) in [7, 11) is 0. The van der Waals surface area contributed by atoms with Crippen molar-refractivity contribution in [2.75, 3.05) is 11.1 Å². The molecule has 0 radical (unpaired) electrons. The van der Waals surface area contributed by atoms with E-state index < -0.39 is 11.6 Å². The van der Waals surface area contributed by atoms with E-state index in [4.69, 9.17) is 5.73 Å². The Morgan fingerprint density at radius 1 is 1.21 bits per heavy atom. The molecule has 0 saturated heterocycles. The second kappa shape index (κ2) is 6.17. The lowest BCUT2D eigenvalue weighted by atomic mass is 9.87. The lowest BCUT2D eigenvalue weighted by Crippen LogP contribution is -2.35. The van der Waals surface area contributed by atoms with Gasteiger partial charge in [0.25, 0.3) is 0 Å². The molecular weight excluding hydrogens is 298 g/mol. The van der Waals surface area contributed by atoms with Crippen LogP contribution in [0.2, 0.25) is 0 Å². The number of rotatable bonds is 4. The molecule has 120 valence electrons. The van der Waals surface area contributed by atoms with Gasteiger partial charge in [0, 0.05) is 11.9 Å². The topological polar surface area (TPSA) is 87.1 Å². The highest BCUT2D eigenvalue weighted by Crippen LogP contribution is 2.37. The number of aliphatic imine (C=N–C) groups is 1. The number of allylic oxidation sites excluding steroid dienone is 1. The van der Waals surface area contributed by atoms with Gasteiger partial charge in [-0.25, -0.2) is 4.98 Å². The Kier molecular flexibility index (Phi) is 4.05. The molecule has 0 spiro atoms. The van der Waals surface area contributed by atoms with Crippen molar-refractivity contribution in [3.63, 3.8) is 0 Å². The number of nitrogens with two attached hydrogens (primary N) is 1. The summed E-state index contributed by atoms with van der Waals surface area (Å²) in [5.41, 5.74) is 8.42. The van der Waals surface area contributed by atoms with Crippen molar-refractivity contribution in [3.05, 3.63) is 65.9 Å². The highest BCUT2D eigenvalue weighted by Gasteiger charge is 2.40. The van der Waals surface area contributed by atoms with Crippen molar-refractivity contribution in [3.8, 4) is 6.07 Å². The lowest BCUT2D eigenvalue weighted by Gasteiger charge is -2.30. The summed E-state index contributed by atoms with van der Waals surface area (Å²) in [5.74, 6) is 0.562. The van der Waals surface area contributed by atoms with Crippen LogP contribution in [0.3, 0.4) is 0 Å². The highest BCUT2D eigenvalue weighted by atomic mass is 15.1. The van der Waals surface area contributed by atoms with Gasteiger partial charge in [-0.05, 0) is 43.2 Å². The van der Waals surface area contributed by atoms with Gasteiger partial charge in [0.1, 0.15) is 5.82 Å². The van der Waals surface area contributed by atoms with Gasteiger partial charge in [0.05, 0.1) is 17.8 Å². The molecular formula is C19H19N5. The van der Waals surface area contributed by atoms with Gasteiger partial charge >= 0.3 is 0 Å². The van der Waals surface area contributed by atoms with E-state index in [2.05, 4.69) is 21.4 Å². The van der Waals surface area contributed by atoms with Gasteiger partial charge in [-0.15, -0.1) is 0 Å². The zero-order valence-electron chi connectivity index (χ0n) is 13.7. The van der Waals surface area contributed by atoms with Crippen LogP contribution in [0.4, 0.5) is 11.5 Å². The predicted molar refractivity (Wildman–Crippen MR) is 96.8 cm³/mol. The van der Waals surface area contributed by atoms with Crippen LogP contribution in [0, 0.1) is 18.3 Å². The number of nitriles is 1. The summed E-state index contributed by atoms with van der Waals surface area (Å²) in [5, 5.41) is 13.2. The number of nitrogens with one attached hydrogen (secondary N) is 1. The van der Waals surface area contributed by atoms with E-state index in [1.54, 1.807) is 6.20 Å². The summed E-state index contributed by atoms with van der Waals surface area (Å²) < 4.78 is 0. The number of pyridine rings is 1. The molecule has 1 aromatic heterocycles. The Morgan fingerprint density at radius 3 is 2.58 bits per heavy atom. The van der Waals surface area contributed by atoms with Crippen LogP contribution in [-0.2, 0) is 0 Å². The van der Waals surface area contributed by atoms with Crippen molar-refractivity contribution >= 4 is 17.2 Å². The maximum atomic E-state index is 9.87. The molecule has 2 heterocycles. The first kappa shape index (κ1) is 15.8. The Labute approximate surface area is 141 Å². The average molecular weight is 317 g/mol. The minimum atomic E-state index is -1.02. The monoisotopic (exact) mass is 317 g/mol.